The lowest BCUT2D eigenvalue weighted by Gasteiger charge is -2.34. The number of hydrogen-bond acceptors (Lipinski definition) is 8. The third-order valence-corrected chi connectivity index (χ3v) is 5.86. The lowest BCUT2D eigenvalue weighted by molar-refractivity contribution is 0.313. The minimum Gasteiger partial charge on any atom is -0.369 e. The Morgan fingerprint density at radius 3 is 2.64 bits per heavy atom. The molecule has 8 nitrogen and oxygen atoms in total. The van der Waals surface area contributed by atoms with Crippen LogP contribution < -0.4 is 15.5 Å². The standard InChI is InChI=1S/C24H25FN8/c1-16-4-3-5-18-21(15-27-31-23(16)18)28-22-8-9-26-24(30-22)29-20-7-6-17(14-19(20)25)33-12-10-32(2)11-13-33/h3-9,14-15H,10-13H2,1-2H3,(H2,26,28,29,30,31). The van der Waals surface area contributed by atoms with Crippen molar-refractivity contribution in [1.29, 1.82) is 0 Å². The summed E-state index contributed by atoms with van der Waals surface area (Å²) in [6, 6.07) is 12.9. The van der Waals surface area contributed by atoms with E-state index in [0.717, 1.165) is 54.0 Å². The molecule has 0 saturated carbocycles. The van der Waals surface area contributed by atoms with Gasteiger partial charge < -0.3 is 20.4 Å². The highest BCUT2D eigenvalue weighted by Crippen LogP contribution is 2.27. The number of benzene rings is 2. The topological polar surface area (TPSA) is 82.1 Å². The number of aromatic nitrogens is 4. The van der Waals surface area contributed by atoms with E-state index in [1.54, 1.807) is 30.6 Å². The Balaban J connectivity index is 1.34. The summed E-state index contributed by atoms with van der Waals surface area (Å²) < 4.78 is 14.8. The number of nitrogens with zero attached hydrogens (tertiary/aromatic N) is 6. The summed E-state index contributed by atoms with van der Waals surface area (Å²) in [4.78, 5) is 13.2. The molecule has 0 spiro atoms. The van der Waals surface area contributed by atoms with Crippen molar-refractivity contribution in [3.8, 4) is 0 Å². The van der Waals surface area contributed by atoms with Gasteiger partial charge in [-0.1, -0.05) is 18.2 Å². The van der Waals surface area contributed by atoms with Gasteiger partial charge >= 0.3 is 0 Å². The van der Waals surface area contributed by atoms with Crippen LogP contribution in [-0.2, 0) is 0 Å². The zero-order valence-electron chi connectivity index (χ0n) is 18.6. The SMILES string of the molecule is Cc1cccc2c(Nc3ccnc(Nc4ccc(N5CCN(C)CC5)cc4F)n3)cnnc12. The first-order chi connectivity index (χ1) is 16.1. The molecule has 0 amide bonds. The van der Waals surface area contributed by atoms with Gasteiger partial charge in [0, 0.05) is 43.4 Å². The van der Waals surface area contributed by atoms with Crippen LogP contribution in [0.3, 0.4) is 0 Å². The summed E-state index contributed by atoms with van der Waals surface area (Å²) in [5.74, 6) is 0.528. The fraction of sp³-hybridized carbons (Fsp3) is 0.250. The molecule has 0 radical (unpaired) electrons. The summed E-state index contributed by atoms with van der Waals surface area (Å²) in [7, 11) is 2.10. The normalized spacial score (nSPS) is 14.5. The maximum atomic E-state index is 14.8. The van der Waals surface area contributed by atoms with Gasteiger partial charge in [0.25, 0.3) is 0 Å². The van der Waals surface area contributed by atoms with Crippen LogP contribution in [0, 0.1) is 12.7 Å². The molecule has 0 unspecified atom stereocenters. The van der Waals surface area contributed by atoms with E-state index >= 15 is 0 Å². The van der Waals surface area contributed by atoms with Crippen LogP contribution in [0.5, 0.6) is 0 Å². The molecule has 1 aliphatic rings. The second-order valence-electron chi connectivity index (χ2n) is 8.20. The molecular formula is C24H25FN8. The third kappa shape index (κ3) is 4.54. The predicted octanol–water partition coefficient (Wildman–Crippen LogP) is 4.11. The number of aryl methyl sites for hydroxylation is 1. The Morgan fingerprint density at radius 2 is 1.82 bits per heavy atom. The van der Waals surface area contributed by atoms with Gasteiger partial charge in [-0.05, 0) is 43.8 Å². The first kappa shape index (κ1) is 21.0. The summed E-state index contributed by atoms with van der Waals surface area (Å²) >= 11 is 0. The Kier molecular flexibility index (Phi) is 5.70. The summed E-state index contributed by atoms with van der Waals surface area (Å²) in [5, 5.41) is 15.5. The number of likely N-dealkylation sites (N-methyl/N-ethyl adjacent to an activating group) is 1. The molecule has 4 aromatic rings. The van der Waals surface area contributed by atoms with E-state index in [-0.39, 0.29) is 5.82 Å². The van der Waals surface area contributed by atoms with Crippen LogP contribution in [0.1, 0.15) is 5.56 Å². The number of fused-ring (bicyclic) bond motifs is 1. The van der Waals surface area contributed by atoms with Gasteiger partial charge in [-0.15, -0.1) is 0 Å². The first-order valence-corrected chi connectivity index (χ1v) is 10.9. The van der Waals surface area contributed by atoms with E-state index in [1.165, 1.54) is 0 Å². The van der Waals surface area contributed by atoms with Crippen molar-refractivity contribution >= 4 is 39.7 Å². The fourth-order valence-electron chi connectivity index (χ4n) is 3.94. The van der Waals surface area contributed by atoms with E-state index < -0.39 is 0 Å². The molecule has 2 aromatic carbocycles. The zero-order valence-corrected chi connectivity index (χ0v) is 18.6. The quantitative estimate of drug-likeness (QED) is 0.476. The van der Waals surface area contributed by atoms with Gasteiger partial charge in [-0.2, -0.15) is 15.2 Å². The summed E-state index contributed by atoms with van der Waals surface area (Å²) in [6.07, 6.45) is 3.28. The highest BCUT2D eigenvalue weighted by atomic mass is 19.1. The van der Waals surface area contributed by atoms with E-state index in [1.807, 2.05) is 31.2 Å². The van der Waals surface area contributed by atoms with Crippen molar-refractivity contribution in [2.45, 2.75) is 6.92 Å². The molecule has 168 valence electrons. The molecule has 1 aliphatic heterocycles. The lowest BCUT2D eigenvalue weighted by Crippen LogP contribution is -2.44. The minimum atomic E-state index is -0.340. The number of nitrogens with one attached hydrogen (secondary N) is 2. The number of hydrogen-bond donors (Lipinski definition) is 2. The van der Waals surface area contributed by atoms with Crippen LogP contribution in [0.4, 0.5) is 33.2 Å². The van der Waals surface area contributed by atoms with Crippen molar-refractivity contribution in [3.05, 3.63) is 66.2 Å². The van der Waals surface area contributed by atoms with Gasteiger partial charge in [-0.3, -0.25) is 0 Å². The highest BCUT2D eigenvalue weighted by Gasteiger charge is 2.16. The van der Waals surface area contributed by atoms with Crippen molar-refractivity contribution in [2.24, 2.45) is 0 Å². The predicted molar refractivity (Wildman–Crippen MR) is 129 cm³/mol. The molecule has 5 rings (SSSR count). The van der Waals surface area contributed by atoms with E-state index in [2.05, 4.69) is 47.6 Å². The molecule has 1 fully saturated rings. The first-order valence-electron chi connectivity index (χ1n) is 10.9. The number of halogens is 1. The van der Waals surface area contributed by atoms with Gasteiger partial charge in [0.2, 0.25) is 5.95 Å². The Bertz CT molecular complexity index is 1290. The summed E-state index contributed by atoms with van der Waals surface area (Å²) in [6.45, 7) is 5.71. The van der Waals surface area contributed by atoms with Gasteiger partial charge in [0.1, 0.15) is 11.6 Å². The Labute approximate surface area is 191 Å². The van der Waals surface area contributed by atoms with Crippen LogP contribution in [0.15, 0.2) is 54.9 Å². The number of rotatable bonds is 5. The fourth-order valence-corrected chi connectivity index (χ4v) is 3.94. The molecule has 9 heteroatoms. The van der Waals surface area contributed by atoms with Crippen molar-refractivity contribution in [3.63, 3.8) is 0 Å². The molecular weight excluding hydrogens is 419 g/mol. The van der Waals surface area contributed by atoms with Crippen molar-refractivity contribution < 1.29 is 4.39 Å². The maximum Gasteiger partial charge on any atom is 0.229 e. The molecule has 2 N–H and O–H groups in total. The third-order valence-electron chi connectivity index (χ3n) is 5.86. The van der Waals surface area contributed by atoms with E-state index in [0.29, 0.717) is 17.5 Å². The number of anilines is 5. The second-order valence-corrected chi connectivity index (χ2v) is 8.20. The van der Waals surface area contributed by atoms with Crippen molar-refractivity contribution in [1.82, 2.24) is 25.1 Å². The van der Waals surface area contributed by atoms with E-state index in [4.69, 9.17) is 0 Å². The van der Waals surface area contributed by atoms with Gasteiger partial charge in [0.05, 0.1) is 23.1 Å². The van der Waals surface area contributed by atoms with Crippen LogP contribution in [0.2, 0.25) is 0 Å². The largest absolute Gasteiger partial charge is 0.369 e. The maximum absolute atomic E-state index is 14.8. The monoisotopic (exact) mass is 444 g/mol. The van der Waals surface area contributed by atoms with Crippen LogP contribution in [-0.4, -0.2) is 58.3 Å². The molecule has 3 heterocycles. The Morgan fingerprint density at radius 1 is 0.970 bits per heavy atom. The van der Waals surface area contributed by atoms with Crippen molar-refractivity contribution in [2.75, 3.05) is 48.8 Å². The van der Waals surface area contributed by atoms with E-state index in [9.17, 15) is 4.39 Å². The minimum absolute atomic E-state index is 0.300. The second kappa shape index (κ2) is 8.95. The smallest absolute Gasteiger partial charge is 0.229 e. The average molecular weight is 445 g/mol. The molecule has 0 atom stereocenters. The van der Waals surface area contributed by atoms with Crippen LogP contribution >= 0.6 is 0 Å². The van der Waals surface area contributed by atoms with Gasteiger partial charge in [0.15, 0.2) is 0 Å². The molecule has 0 aliphatic carbocycles. The Hall–Kier alpha value is -3.85. The lowest BCUT2D eigenvalue weighted by atomic mass is 10.1. The average Bonchev–Trinajstić information content (AvgIpc) is 2.82. The molecule has 33 heavy (non-hydrogen) atoms. The molecule has 1 saturated heterocycles. The van der Waals surface area contributed by atoms with Crippen LogP contribution in [0.25, 0.3) is 10.9 Å². The molecule has 0 bridgehead atoms. The van der Waals surface area contributed by atoms with Gasteiger partial charge in [-0.25, -0.2) is 9.37 Å². The highest BCUT2D eigenvalue weighted by molar-refractivity contribution is 5.93. The number of piperazine rings is 1. The summed E-state index contributed by atoms with van der Waals surface area (Å²) in [5.41, 5.74) is 3.88. The zero-order chi connectivity index (χ0) is 22.8. The molecule has 2 aromatic heterocycles.